The molecule has 0 aromatic heterocycles. The Bertz CT molecular complexity index is 830. The lowest BCUT2D eigenvalue weighted by Gasteiger charge is -2.15. The molecule has 0 aliphatic carbocycles. The van der Waals surface area contributed by atoms with Crippen LogP contribution < -0.4 is 19.5 Å². The number of thioether (sulfide) groups is 1. The summed E-state index contributed by atoms with van der Waals surface area (Å²) in [7, 11) is 0.375. The van der Waals surface area contributed by atoms with Gasteiger partial charge in [0.2, 0.25) is 5.75 Å². The molecule has 2 rings (SSSR count). The molecule has 0 aliphatic heterocycles. The molecule has 2 aromatic carbocycles. The van der Waals surface area contributed by atoms with E-state index in [1.165, 1.54) is 17.8 Å². The highest BCUT2D eigenvalue weighted by Gasteiger charge is 2.19. The van der Waals surface area contributed by atoms with E-state index in [0.717, 1.165) is 5.56 Å². The maximum atomic E-state index is 11.5. The van der Waals surface area contributed by atoms with E-state index in [1.807, 2.05) is 12.1 Å². The summed E-state index contributed by atoms with van der Waals surface area (Å²) in [4.78, 5) is 18.8. The number of ether oxygens (including phenoxy) is 3. The average Bonchev–Trinajstić information content (AvgIpc) is 2.63. The van der Waals surface area contributed by atoms with E-state index in [2.05, 4.69) is 0 Å². The van der Waals surface area contributed by atoms with Crippen LogP contribution in [-0.2, 0) is 10.3 Å². The van der Waals surface area contributed by atoms with Gasteiger partial charge in [-0.05, 0) is 29.2 Å². The number of benzene rings is 2. The first-order valence-electron chi connectivity index (χ1n) is 7.63. The maximum absolute atomic E-state index is 11.5. The quantitative estimate of drug-likeness (QED) is 0.662. The van der Waals surface area contributed by atoms with Crippen molar-refractivity contribution in [3.63, 3.8) is 0 Å². The molecule has 0 atom stereocenters. The summed E-state index contributed by atoms with van der Waals surface area (Å²) in [5.41, 5.74) is 1.41. The first-order valence-corrected chi connectivity index (χ1v) is 10.3. The summed E-state index contributed by atoms with van der Waals surface area (Å²) in [5.74, 6) is 2.31. The third-order valence-corrected chi connectivity index (χ3v) is 5.46. The Kier molecular flexibility index (Phi) is 7.17. The van der Waals surface area contributed by atoms with Gasteiger partial charge in [0.1, 0.15) is 0 Å². The van der Waals surface area contributed by atoms with Gasteiger partial charge in [0, 0.05) is 11.3 Å². The molecular formula is C18H21O6PS. The third-order valence-electron chi connectivity index (χ3n) is 3.62. The third kappa shape index (κ3) is 4.83. The van der Waals surface area contributed by atoms with Gasteiger partial charge >= 0.3 is 7.60 Å². The largest absolute Gasteiger partial charge is 0.493 e. The fraction of sp³-hybridized carbons (Fsp3) is 0.222. The normalized spacial score (nSPS) is 11.6. The Morgan fingerprint density at radius 2 is 1.69 bits per heavy atom. The summed E-state index contributed by atoms with van der Waals surface area (Å²) >= 11 is 1.47. The molecule has 26 heavy (non-hydrogen) atoms. The zero-order valence-corrected chi connectivity index (χ0v) is 16.4. The van der Waals surface area contributed by atoms with Gasteiger partial charge in [-0.1, -0.05) is 24.3 Å². The fourth-order valence-electron chi connectivity index (χ4n) is 2.43. The van der Waals surface area contributed by atoms with Gasteiger partial charge < -0.3 is 24.0 Å². The monoisotopic (exact) mass is 396 g/mol. The number of methoxy groups -OCH3 is 3. The van der Waals surface area contributed by atoms with Crippen molar-refractivity contribution in [2.45, 2.75) is 5.75 Å². The molecule has 0 saturated heterocycles. The van der Waals surface area contributed by atoms with Gasteiger partial charge in [-0.25, -0.2) is 0 Å². The highest BCUT2D eigenvalue weighted by molar-refractivity contribution is 8.01. The summed E-state index contributed by atoms with van der Waals surface area (Å²) in [5, 5.41) is 1.81. The van der Waals surface area contributed by atoms with Crippen LogP contribution in [0.3, 0.4) is 0 Å². The lowest BCUT2D eigenvalue weighted by atomic mass is 10.2. The van der Waals surface area contributed by atoms with Gasteiger partial charge in [-0.15, -0.1) is 11.8 Å². The molecule has 0 fully saturated rings. The SMILES string of the molecule is COc1ccc(CS/C=C\c2ccccc2P(=O)(O)O)c(OC)c1OC. The van der Waals surface area contributed by atoms with Gasteiger partial charge in [0.15, 0.2) is 11.5 Å². The minimum atomic E-state index is -4.31. The van der Waals surface area contributed by atoms with Crippen molar-refractivity contribution in [2.75, 3.05) is 21.3 Å². The number of hydrogen-bond donors (Lipinski definition) is 2. The second kappa shape index (κ2) is 9.14. The highest BCUT2D eigenvalue weighted by Crippen LogP contribution is 2.41. The second-order valence-electron chi connectivity index (χ2n) is 5.21. The van der Waals surface area contributed by atoms with Gasteiger partial charge in [-0.2, -0.15) is 0 Å². The Hall–Kier alpha value is -1.92. The van der Waals surface area contributed by atoms with Gasteiger partial charge in [-0.3, -0.25) is 4.57 Å². The van der Waals surface area contributed by atoms with Gasteiger partial charge in [0.05, 0.1) is 26.6 Å². The van der Waals surface area contributed by atoms with Crippen molar-refractivity contribution in [2.24, 2.45) is 0 Å². The van der Waals surface area contributed by atoms with Gasteiger partial charge in [0.25, 0.3) is 0 Å². The Labute approximate surface area is 157 Å². The molecule has 2 N–H and O–H groups in total. The van der Waals surface area contributed by atoms with Crippen LogP contribution in [0.25, 0.3) is 6.08 Å². The van der Waals surface area contributed by atoms with E-state index < -0.39 is 7.60 Å². The fourth-order valence-corrected chi connectivity index (χ4v) is 3.94. The van der Waals surface area contributed by atoms with E-state index in [4.69, 9.17) is 14.2 Å². The topological polar surface area (TPSA) is 85.2 Å². The van der Waals surface area contributed by atoms with E-state index in [9.17, 15) is 14.4 Å². The van der Waals surface area contributed by atoms with Crippen LogP contribution in [0.2, 0.25) is 0 Å². The second-order valence-corrected chi connectivity index (χ2v) is 7.67. The van der Waals surface area contributed by atoms with E-state index in [-0.39, 0.29) is 5.30 Å². The molecule has 0 heterocycles. The molecule has 0 saturated carbocycles. The van der Waals surface area contributed by atoms with Crippen LogP contribution in [0.4, 0.5) is 0 Å². The molecule has 0 spiro atoms. The predicted molar refractivity (Wildman–Crippen MR) is 105 cm³/mol. The first-order chi connectivity index (χ1) is 12.4. The van der Waals surface area contributed by atoms with Crippen LogP contribution in [-0.4, -0.2) is 31.1 Å². The summed E-state index contributed by atoms with van der Waals surface area (Å²) < 4.78 is 27.6. The van der Waals surface area contributed by atoms with E-state index >= 15 is 0 Å². The Morgan fingerprint density at radius 3 is 2.31 bits per heavy atom. The van der Waals surface area contributed by atoms with Crippen LogP contribution in [0, 0.1) is 0 Å². The predicted octanol–water partition coefficient (Wildman–Crippen LogP) is 3.42. The molecule has 8 heteroatoms. The molecular weight excluding hydrogens is 375 g/mol. The maximum Gasteiger partial charge on any atom is 0.356 e. The molecule has 0 aliphatic rings. The number of rotatable bonds is 8. The lowest BCUT2D eigenvalue weighted by Crippen LogP contribution is -2.07. The molecule has 6 nitrogen and oxygen atoms in total. The van der Waals surface area contributed by atoms with Crippen molar-refractivity contribution in [3.05, 3.63) is 52.9 Å². The Morgan fingerprint density at radius 1 is 1.00 bits per heavy atom. The van der Waals surface area contributed by atoms with Crippen LogP contribution in [0.15, 0.2) is 41.8 Å². The van der Waals surface area contributed by atoms with E-state index in [0.29, 0.717) is 28.6 Å². The summed E-state index contributed by atoms with van der Waals surface area (Å²) in [6.45, 7) is 0. The molecule has 0 amide bonds. The highest BCUT2D eigenvalue weighted by atomic mass is 32.2. The van der Waals surface area contributed by atoms with Crippen molar-refractivity contribution in [3.8, 4) is 17.2 Å². The minimum absolute atomic E-state index is 0.0144. The summed E-state index contributed by atoms with van der Waals surface area (Å²) in [6.07, 6.45) is 1.69. The first kappa shape index (κ1) is 20.4. The molecule has 0 unspecified atom stereocenters. The minimum Gasteiger partial charge on any atom is -0.493 e. The van der Waals surface area contributed by atoms with Crippen LogP contribution in [0.1, 0.15) is 11.1 Å². The van der Waals surface area contributed by atoms with Crippen molar-refractivity contribution >= 4 is 30.7 Å². The molecule has 140 valence electrons. The smallest absolute Gasteiger partial charge is 0.356 e. The zero-order chi connectivity index (χ0) is 19.2. The average molecular weight is 396 g/mol. The zero-order valence-electron chi connectivity index (χ0n) is 14.7. The molecule has 0 radical (unpaired) electrons. The van der Waals surface area contributed by atoms with Crippen molar-refractivity contribution in [1.82, 2.24) is 0 Å². The van der Waals surface area contributed by atoms with Crippen LogP contribution >= 0.6 is 19.4 Å². The van der Waals surface area contributed by atoms with E-state index in [1.54, 1.807) is 51.0 Å². The molecule has 0 bridgehead atoms. The molecule has 2 aromatic rings. The standard InChI is InChI=1S/C18H21O6PS/c1-22-15-9-8-14(17(23-2)18(15)24-3)12-26-11-10-13-6-4-5-7-16(13)25(19,20)21/h4-11H,12H2,1-3H3,(H2,19,20,21)/b11-10-. The van der Waals surface area contributed by atoms with Crippen molar-refractivity contribution in [1.29, 1.82) is 0 Å². The summed E-state index contributed by atoms with van der Waals surface area (Å²) in [6, 6.07) is 10.1. The lowest BCUT2D eigenvalue weighted by molar-refractivity contribution is 0.323. The van der Waals surface area contributed by atoms with Crippen LogP contribution in [0.5, 0.6) is 17.2 Å². The van der Waals surface area contributed by atoms with Crippen molar-refractivity contribution < 1.29 is 28.6 Å². The number of hydrogen-bond acceptors (Lipinski definition) is 5. The Balaban J connectivity index is 2.16.